The number of carbonyl (C=O) groups excluding carboxylic acids is 1. The quantitative estimate of drug-likeness (QED) is 0.571. The van der Waals surface area contributed by atoms with Crippen molar-refractivity contribution in [2.75, 3.05) is 12.9 Å². The van der Waals surface area contributed by atoms with Gasteiger partial charge in [-0.3, -0.25) is 0 Å². The van der Waals surface area contributed by atoms with E-state index in [1.165, 1.54) is 23.9 Å². The van der Waals surface area contributed by atoms with E-state index in [-0.39, 0.29) is 12.2 Å². The van der Waals surface area contributed by atoms with E-state index >= 15 is 0 Å². The van der Waals surface area contributed by atoms with Crippen LogP contribution >= 0.6 is 11.8 Å². The van der Waals surface area contributed by atoms with Gasteiger partial charge in [0.15, 0.2) is 0 Å². The Kier molecular flexibility index (Phi) is 3.95. The van der Waals surface area contributed by atoms with Crippen LogP contribution < -0.4 is 0 Å². The van der Waals surface area contributed by atoms with Gasteiger partial charge in [-0.15, -0.1) is 11.8 Å². The molecule has 0 saturated carbocycles. The lowest BCUT2D eigenvalue weighted by molar-refractivity contribution is 0.0520. The van der Waals surface area contributed by atoms with Crippen LogP contribution in [-0.4, -0.2) is 18.8 Å². The van der Waals surface area contributed by atoms with Crippen molar-refractivity contribution >= 4 is 17.7 Å². The molecule has 0 unspecified atom stereocenters. The fraction of sp³-hybridized carbons (Fsp3) is 0.300. The van der Waals surface area contributed by atoms with Gasteiger partial charge in [-0.2, -0.15) is 0 Å². The summed E-state index contributed by atoms with van der Waals surface area (Å²) in [6.45, 7) is 1.94. The minimum absolute atomic E-state index is 0.00120. The van der Waals surface area contributed by atoms with Gasteiger partial charge in [-0.05, 0) is 31.4 Å². The zero-order valence-corrected chi connectivity index (χ0v) is 8.86. The Morgan fingerprint density at radius 2 is 2.29 bits per heavy atom. The number of carbonyl (C=O) groups is 1. The molecular formula is C10H11FO2S. The van der Waals surface area contributed by atoms with Crippen LogP contribution in [0.15, 0.2) is 23.1 Å². The van der Waals surface area contributed by atoms with Crippen LogP contribution in [0.4, 0.5) is 4.39 Å². The van der Waals surface area contributed by atoms with Gasteiger partial charge in [0, 0.05) is 4.90 Å². The van der Waals surface area contributed by atoms with E-state index in [9.17, 15) is 9.18 Å². The van der Waals surface area contributed by atoms with Gasteiger partial charge in [-0.1, -0.05) is 0 Å². The van der Waals surface area contributed by atoms with Crippen molar-refractivity contribution in [3.63, 3.8) is 0 Å². The average molecular weight is 214 g/mol. The summed E-state index contributed by atoms with van der Waals surface area (Å²) in [5.74, 6) is -1.15. The lowest BCUT2D eigenvalue weighted by atomic mass is 10.2. The van der Waals surface area contributed by atoms with Crippen molar-refractivity contribution in [3.8, 4) is 0 Å². The number of thioether (sulfide) groups is 1. The maximum Gasteiger partial charge on any atom is 0.341 e. The zero-order chi connectivity index (χ0) is 10.6. The monoisotopic (exact) mass is 214 g/mol. The molecule has 0 atom stereocenters. The molecule has 14 heavy (non-hydrogen) atoms. The summed E-state index contributed by atoms with van der Waals surface area (Å²) < 4.78 is 17.9. The Hall–Kier alpha value is -1.03. The van der Waals surface area contributed by atoms with Crippen LogP contribution in [0.25, 0.3) is 0 Å². The van der Waals surface area contributed by atoms with E-state index < -0.39 is 11.8 Å². The van der Waals surface area contributed by atoms with Crippen LogP contribution in [0, 0.1) is 5.82 Å². The summed E-state index contributed by atoms with van der Waals surface area (Å²) in [7, 11) is 0. The number of hydrogen-bond acceptors (Lipinski definition) is 3. The Balaban J connectivity index is 2.99. The highest BCUT2D eigenvalue weighted by atomic mass is 32.2. The molecule has 0 bridgehead atoms. The number of halogens is 1. The molecule has 1 aromatic carbocycles. The zero-order valence-electron chi connectivity index (χ0n) is 8.04. The van der Waals surface area contributed by atoms with E-state index in [1.54, 1.807) is 13.0 Å². The van der Waals surface area contributed by atoms with E-state index in [1.807, 2.05) is 6.26 Å². The Bertz CT molecular complexity index is 339. The Morgan fingerprint density at radius 1 is 1.57 bits per heavy atom. The summed E-state index contributed by atoms with van der Waals surface area (Å²) in [6, 6.07) is 4.40. The molecule has 1 aromatic rings. The number of esters is 1. The summed E-state index contributed by atoms with van der Waals surface area (Å²) >= 11 is 1.45. The maximum absolute atomic E-state index is 13.2. The molecule has 2 nitrogen and oxygen atoms in total. The summed E-state index contributed by atoms with van der Waals surface area (Å²) in [5.41, 5.74) is -0.00120. The van der Waals surface area contributed by atoms with E-state index in [0.717, 1.165) is 4.90 Å². The predicted octanol–water partition coefficient (Wildman–Crippen LogP) is 2.72. The third-order valence-corrected chi connectivity index (χ3v) is 2.39. The highest BCUT2D eigenvalue weighted by molar-refractivity contribution is 7.98. The van der Waals surface area contributed by atoms with Crippen LogP contribution in [-0.2, 0) is 4.74 Å². The van der Waals surface area contributed by atoms with Crippen LogP contribution in [0.3, 0.4) is 0 Å². The van der Waals surface area contributed by atoms with Crippen LogP contribution in [0.2, 0.25) is 0 Å². The van der Waals surface area contributed by atoms with E-state index in [2.05, 4.69) is 0 Å². The first kappa shape index (κ1) is 11.0. The van der Waals surface area contributed by atoms with Gasteiger partial charge < -0.3 is 4.74 Å². The maximum atomic E-state index is 13.2. The molecule has 0 aliphatic rings. The Morgan fingerprint density at radius 3 is 2.86 bits per heavy atom. The van der Waals surface area contributed by atoms with E-state index in [0.29, 0.717) is 0 Å². The fourth-order valence-electron chi connectivity index (χ4n) is 0.997. The van der Waals surface area contributed by atoms with Crippen LogP contribution in [0.5, 0.6) is 0 Å². The summed E-state index contributed by atoms with van der Waals surface area (Å²) in [5, 5.41) is 0. The molecule has 4 heteroatoms. The van der Waals surface area contributed by atoms with Gasteiger partial charge in [0.1, 0.15) is 5.82 Å². The van der Waals surface area contributed by atoms with Crippen molar-refractivity contribution < 1.29 is 13.9 Å². The van der Waals surface area contributed by atoms with Crippen molar-refractivity contribution in [1.29, 1.82) is 0 Å². The van der Waals surface area contributed by atoms with Crippen molar-refractivity contribution in [3.05, 3.63) is 29.6 Å². The predicted molar refractivity (Wildman–Crippen MR) is 54.1 cm³/mol. The van der Waals surface area contributed by atoms with Crippen LogP contribution in [0.1, 0.15) is 17.3 Å². The van der Waals surface area contributed by atoms with E-state index in [4.69, 9.17) is 4.74 Å². The van der Waals surface area contributed by atoms with Crippen molar-refractivity contribution in [2.24, 2.45) is 0 Å². The smallest absolute Gasteiger partial charge is 0.341 e. The molecule has 0 fully saturated rings. The highest BCUT2D eigenvalue weighted by Gasteiger charge is 2.12. The first-order valence-corrected chi connectivity index (χ1v) is 5.42. The molecule has 1 rings (SSSR count). The van der Waals surface area contributed by atoms with Gasteiger partial charge >= 0.3 is 5.97 Å². The van der Waals surface area contributed by atoms with Gasteiger partial charge in [0.25, 0.3) is 0 Å². The third kappa shape index (κ3) is 2.48. The molecule has 76 valence electrons. The molecule has 0 aliphatic carbocycles. The first-order valence-electron chi connectivity index (χ1n) is 4.19. The Labute approximate surface area is 86.5 Å². The molecule has 0 N–H and O–H groups in total. The molecule has 0 amide bonds. The number of hydrogen-bond donors (Lipinski definition) is 0. The molecule has 0 spiro atoms. The standard InChI is InChI=1S/C10H11FO2S/c1-3-13-10(12)8-6-7(14-2)4-5-9(8)11/h4-6H,3H2,1-2H3. The summed E-state index contributed by atoms with van der Waals surface area (Å²) in [4.78, 5) is 12.1. The van der Waals surface area contributed by atoms with Gasteiger partial charge in [0.05, 0.1) is 12.2 Å². The molecule has 0 radical (unpaired) electrons. The second-order valence-electron chi connectivity index (χ2n) is 2.57. The summed E-state index contributed by atoms with van der Waals surface area (Å²) in [6.07, 6.45) is 1.86. The first-order chi connectivity index (χ1) is 6.69. The van der Waals surface area contributed by atoms with Crippen molar-refractivity contribution in [2.45, 2.75) is 11.8 Å². The molecule has 0 heterocycles. The minimum atomic E-state index is -0.610. The fourth-order valence-corrected chi connectivity index (χ4v) is 1.44. The second-order valence-corrected chi connectivity index (χ2v) is 3.45. The topological polar surface area (TPSA) is 26.3 Å². The van der Waals surface area contributed by atoms with Crippen molar-refractivity contribution in [1.82, 2.24) is 0 Å². The number of ether oxygens (including phenoxy) is 1. The SMILES string of the molecule is CCOC(=O)c1cc(SC)ccc1F. The second kappa shape index (κ2) is 5.00. The number of rotatable bonds is 3. The average Bonchev–Trinajstić information content (AvgIpc) is 2.19. The normalized spacial score (nSPS) is 9.93. The van der Waals surface area contributed by atoms with Gasteiger partial charge in [0.2, 0.25) is 0 Å². The molecule has 0 saturated heterocycles. The lowest BCUT2D eigenvalue weighted by Crippen LogP contribution is -2.07. The highest BCUT2D eigenvalue weighted by Crippen LogP contribution is 2.19. The minimum Gasteiger partial charge on any atom is -0.462 e. The number of benzene rings is 1. The third-order valence-electron chi connectivity index (χ3n) is 1.67. The lowest BCUT2D eigenvalue weighted by Gasteiger charge is -2.04. The van der Waals surface area contributed by atoms with Gasteiger partial charge in [-0.25, -0.2) is 9.18 Å². The molecular weight excluding hydrogens is 203 g/mol. The molecule has 0 aromatic heterocycles. The largest absolute Gasteiger partial charge is 0.462 e. The molecule has 0 aliphatic heterocycles.